The Balaban J connectivity index is 1.86. The monoisotopic (exact) mass is 194 g/mol. The fraction of sp³-hybridized carbons (Fsp3) is 0.917. The number of hydrogen-bond acceptors (Lipinski definition) is 2. The minimum Gasteiger partial charge on any atom is -0.316 e. The van der Waals surface area contributed by atoms with E-state index in [4.69, 9.17) is 0 Å². The van der Waals surface area contributed by atoms with Crippen LogP contribution in [-0.4, -0.2) is 19.4 Å². The van der Waals surface area contributed by atoms with E-state index in [0.717, 1.165) is 31.3 Å². The fourth-order valence-corrected chi connectivity index (χ4v) is 3.03. The van der Waals surface area contributed by atoms with Crippen molar-refractivity contribution in [3.63, 3.8) is 0 Å². The quantitative estimate of drug-likeness (QED) is 0.727. The molecule has 1 saturated heterocycles. The van der Waals surface area contributed by atoms with Gasteiger partial charge in [-0.2, -0.15) is 0 Å². The zero-order valence-electron chi connectivity index (χ0n) is 8.80. The molecule has 2 heteroatoms. The average molecular weight is 194 g/mol. The van der Waals surface area contributed by atoms with E-state index in [2.05, 4.69) is 11.6 Å². The van der Waals surface area contributed by atoms with Crippen molar-refractivity contribution in [1.82, 2.24) is 5.32 Å². The topological polar surface area (TPSA) is 29.1 Å². The molecular weight excluding hydrogens is 174 g/mol. The van der Waals surface area contributed by atoms with Crippen molar-refractivity contribution >= 4 is 6.29 Å². The van der Waals surface area contributed by atoms with Crippen molar-refractivity contribution in [2.75, 3.05) is 13.1 Å². The lowest BCUT2D eigenvalue weighted by atomic mass is 9.75. The molecule has 0 amide bonds. The molecule has 0 bridgehead atoms. The molecule has 1 heterocycles. The SMILES string of the molecule is O=[C][C@H]1CNC[C@@H](C2CCCCC2)C1. The van der Waals surface area contributed by atoms with Crippen molar-refractivity contribution in [3.8, 4) is 0 Å². The third kappa shape index (κ3) is 2.35. The molecule has 2 nitrogen and oxygen atoms in total. The predicted molar refractivity (Wildman–Crippen MR) is 56.7 cm³/mol. The molecule has 0 aromatic heterocycles. The Labute approximate surface area is 86.5 Å². The molecule has 1 aliphatic carbocycles. The molecule has 2 rings (SSSR count). The number of nitrogens with one attached hydrogen (secondary N) is 1. The zero-order chi connectivity index (χ0) is 9.80. The minimum absolute atomic E-state index is 0.163. The lowest BCUT2D eigenvalue weighted by Gasteiger charge is -2.35. The van der Waals surface area contributed by atoms with Crippen LogP contribution in [0.3, 0.4) is 0 Å². The maximum Gasteiger partial charge on any atom is 0.203 e. The second-order valence-electron chi connectivity index (χ2n) is 4.87. The Morgan fingerprint density at radius 3 is 2.50 bits per heavy atom. The summed E-state index contributed by atoms with van der Waals surface area (Å²) in [7, 11) is 0. The van der Waals surface area contributed by atoms with E-state index in [1.54, 1.807) is 0 Å². The fourth-order valence-electron chi connectivity index (χ4n) is 3.03. The van der Waals surface area contributed by atoms with Gasteiger partial charge in [0, 0.05) is 12.5 Å². The van der Waals surface area contributed by atoms with Crippen LogP contribution < -0.4 is 5.32 Å². The molecule has 0 aromatic rings. The number of rotatable bonds is 2. The Bertz CT molecular complexity index is 187. The first-order valence-electron chi connectivity index (χ1n) is 5.98. The van der Waals surface area contributed by atoms with Crippen LogP contribution in [0.5, 0.6) is 0 Å². The maximum absolute atomic E-state index is 10.6. The molecule has 0 unspecified atom stereocenters. The molecule has 1 radical (unpaired) electrons. The molecule has 2 atom stereocenters. The number of carbonyl (C=O) groups excluding carboxylic acids is 1. The molecule has 0 spiro atoms. The Hall–Kier alpha value is -0.370. The molecule has 1 saturated carbocycles. The second-order valence-corrected chi connectivity index (χ2v) is 4.87. The first-order chi connectivity index (χ1) is 6.90. The van der Waals surface area contributed by atoms with E-state index in [9.17, 15) is 4.79 Å². The van der Waals surface area contributed by atoms with Gasteiger partial charge in [-0.25, -0.2) is 0 Å². The lowest BCUT2D eigenvalue weighted by Crippen LogP contribution is -2.40. The van der Waals surface area contributed by atoms with E-state index >= 15 is 0 Å². The molecule has 2 fully saturated rings. The van der Waals surface area contributed by atoms with Gasteiger partial charge in [0.2, 0.25) is 6.29 Å². The Morgan fingerprint density at radius 1 is 1.00 bits per heavy atom. The molecular formula is C12H20NO. The third-order valence-electron chi connectivity index (χ3n) is 3.87. The van der Waals surface area contributed by atoms with Crippen LogP contribution in [0.15, 0.2) is 0 Å². The van der Waals surface area contributed by atoms with Gasteiger partial charge in [-0.1, -0.05) is 32.1 Å². The van der Waals surface area contributed by atoms with Crippen LogP contribution >= 0.6 is 0 Å². The Morgan fingerprint density at radius 2 is 1.79 bits per heavy atom. The molecule has 1 N–H and O–H groups in total. The molecule has 79 valence electrons. The van der Waals surface area contributed by atoms with E-state index in [1.165, 1.54) is 32.1 Å². The van der Waals surface area contributed by atoms with Gasteiger partial charge in [0.25, 0.3) is 0 Å². The summed E-state index contributed by atoms with van der Waals surface area (Å²) in [6.45, 7) is 1.98. The molecule has 14 heavy (non-hydrogen) atoms. The van der Waals surface area contributed by atoms with E-state index in [0.29, 0.717) is 0 Å². The van der Waals surface area contributed by atoms with Gasteiger partial charge in [-0.3, -0.25) is 4.79 Å². The maximum atomic E-state index is 10.6. The highest BCUT2D eigenvalue weighted by Crippen LogP contribution is 2.33. The van der Waals surface area contributed by atoms with Crippen LogP contribution in [0, 0.1) is 17.8 Å². The third-order valence-corrected chi connectivity index (χ3v) is 3.87. The van der Waals surface area contributed by atoms with Gasteiger partial charge in [0.1, 0.15) is 0 Å². The summed E-state index contributed by atoms with van der Waals surface area (Å²) in [5, 5.41) is 3.37. The van der Waals surface area contributed by atoms with Gasteiger partial charge < -0.3 is 5.32 Å². The average Bonchev–Trinajstić information content (AvgIpc) is 2.30. The minimum atomic E-state index is 0.163. The van der Waals surface area contributed by atoms with E-state index < -0.39 is 0 Å². The van der Waals surface area contributed by atoms with Crippen LogP contribution in [0.1, 0.15) is 38.5 Å². The molecule has 1 aliphatic heterocycles. The normalized spacial score (nSPS) is 35.4. The van der Waals surface area contributed by atoms with E-state index in [1.807, 2.05) is 0 Å². The van der Waals surface area contributed by atoms with Gasteiger partial charge >= 0.3 is 0 Å². The summed E-state index contributed by atoms with van der Waals surface area (Å²) in [6.07, 6.45) is 10.2. The van der Waals surface area contributed by atoms with Crippen molar-refractivity contribution in [3.05, 3.63) is 0 Å². The molecule has 0 aromatic carbocycles. The van der Waals surface area contributed by atoms with Crippen molar-refractivity contribution in [2.24, 2.45) is 17.8 Å². The Kier molecular flexibility index (Phi) is 3.57. The smallest absolute Gasteiger partial charge is 0.203 e. The first-order valence-corrected chi connectivity index (χ1v) is 5.98. The van der Waals surface area contributed by atoms with Gasteiger partial charge in [0.15, 0.2) is 0 Å². The van der Waals surface area contributed by atoms with Crippen molar-refractivity contribution in [1.29, 1.82) is 0 Å². The van der Waals surface area contributed by atoms with Crippen LogP contribution in [0.4, 0.5) is 0 Å². The number of piperidine rings is 1. The van der Waals surface area contributed by atoms with Crippen LogP contribution in [-0.2, 0) is 4.79 Å². The zero-order valence-corrected chi connectivity index (χ0v) is 8.80. The predicted octanol–water partition coefficient (Wildman–Crippen LogP) is 1.90. The highest BCUT2D eigenvalue weighted by Gasteiger charge is 2.29. The highest BCUT2D eigenvalue weighted by molar-refractivity contribution is 5.55. The van der Waals surface area contributed by atoms with Crippen LogP contribution in [0.25, 0.3) is 0 Å². The summed E-state index contributed by atoms with van der Waals surface area (Å²) in [5.41, 5.74) is 0. The summed E-state index contributed by atoms with van der Waals surface area (Å²) in [6, 6.07) is 0. The summed E-state index contributed by atoms with van der Waals surface area (Å²) < 4.78 is 0. The van der Waals surface area contributed by atoms with Crippen molar-refractivity contribution < 1.29 is 4.79 Å². The number of hydrogen-bond donors (Lipinski definition) is 1. The van der Waals surface area contributed by atoms with Crippen molar-refractivity contribution in [2.45, 2.75) is 38.5 Å². The van der Waals surface area contributed by atoms with Crippen LogP contribution in [0.2, 0.25) is 0 Å². The van der Waals surface area contributed by atoms with Gasteiger partial charge in [-0.15, -0.1) is 0 Å². The second kappa shape index (κ2) is 4.92. The largest absolute Gasteiger partial charge is 0.316 e. The first kappa shape index (κ1) is 10.2. The lowest BCUT2D eigenvalue weighted by molar-refractivity contribution is 0.192. The molecule has 2 aliphatic rings. The summed E-state index contributed by atoms with van der Waals surface area (Å²) >= 11 is 0. The standard InChI is InChI=1S/C12H20NO/c14-9-10-6-12(8-13-7-10)11-4-2-1-3-5-11/h10-13H,1-8H2/t10-,12+/m1/s1. The highest BCUT2D eigenvalue weighted by atomic mass is 16.1. The summed E-state index contributed by atoms with van der Waals surface area (Å²) in [5.74, 6) is 1.79. The van der Waals surface area contributed by atoms with E-state index in [-0.39, 0.29) is 5.92 Å². The van der Waals surface area contributed by atoms with Gasteiger partial charge in [-0.05, 0) is 24.8 Å². The van der Waals surface area contributed by atoms with Gasteiger partial charge in [0.05, 0.1) is 0 Å². The summed E-state index contributed by atoms with van der Waals surface area (Å²) in [4.78, 5) is 10.6.